The zero-order chi connectivity index (χ0) is 17.9. The molecular weight excluding hydrogens is 343 g/mol. The summed E-state index contributed by atoms with van der Waals surface area (Å²) >= 11 is 1.29. The number of nitrogens with one attached hydrogen (secondary N) is 1. The summed E-state index contributed by atoms with van der Waals surface area (Å²) < 4.78 is 15.0. The van der Waals surface area contributed by atoms with Crippen LogP contribution in [0.1, 0.15) is 36.5 Å². The molecule has 0 saturated heterocycles. The van der Waals surface area contributed by atoms with Gasteiger partial charge < -0.3 is 15.5 Å². The standard InChI is InChI=1S/C18H19FN2O3S/c1-18(25-2)13-12(20-17(18)24)8-7-11(19)14(13)21-15(22)9-5-3-4-6-10(9)16(21)23/h7-8,22-23H,3-6H2,1-2H3,(H,20,24). The Morgan fingerprint density at radius 1 is 1.20 bits per heavy atom. The number of aromatic nitrogens is 1. The van der Waals surface area contributed by atoms with E-state index < -0.39 is 10.6 Å². The number of aromatic hydroxyl groups is 2. The highest BCUT2D eigenvalue weighted by molar-refractivity contribution is 8.00. The van der Waals surface area contributed by atoms with Crippen LogP contribution in [-0.2, 0) is 22.4 Å². The molecule has 1 amide bonds. The highest BCUT2D eigenvalue weighted by Crippen LogP contribution is 2.51. The van der Waals surface area contributed by atoms with Crippen molar-refractivity contribution < 1.29 is 19.4 Å². The molecule has 4 rings (SSSR count). The number of hydrogen-bond donors (Lipinski definition) is 3. The molecule has 0 bridgehead atoms. The van der Waals surface area contributed by atoms with Crippen molar-refractivity contribution in [1.82, 2.24) is 4.57 Å². The molecule has 0 radical (unpaired) electrons. The molecule has 0 spiro atoms. The Bertz CT molecular complexity index is 879. The first-order valence-electron chi connectivity index (χ1n) is 8.24. The van der Waals surface area contributed by atoms with Gasteiger partial charge in [0.15, 0.2) is 0 Å². The Kier molecular flexibility index (Phi) is 3.54. The van der Waals surface area contributed by atoms with Crippen molar-refractivity contribution in [2.75, 3.05) is 11.6 Å². The number of halogens is 1. The van der Waals surface area contributed by atoms with E-state index in [9.17, 15) is 19.4 Å². The maximum atomic E-state index is 14.9. The monoisotopic (exact) mass is 362 g/mol. The predicted octanol–water partition coefficient (Wildman–Crippen LogP) is 3.44. The van der Waals surface area contributed by atoms with Crippen LogP contribution in [0.4, 0.5) is 10.1 Å². The van der Waals surface area contributed by atoms with Crippen molar-refractivity contribution in [1.29, 1.82) is 0 Å². The molecule has 0 saturated carbocycles. The Morgan fingerprint density at radius 2 is 1.80 bits per heavy atom. The maximum absolute atomic E-state index is 14.9. The zero-order valence-electron chi connectivity index (χ0n) is 14.0. The average Bonchev–Trinajstić information content (AvgIpc) is 3.02. The first kappa shape index (κ1) is 16.3. The van der Waals surface area contributed by atoms with Crippen molar-refractivity contribution in [3.8, 4) is 17.4 Å². The second kappa shape index (κ2) is 5.42. The molecule has 3 N–H and O–H groups in total. The van der Waals surface area contributed by atoms with Crippen molar-refractivity contribution in [2.45, 2.75) is 37.4 Å². The van der Waals surface area contributed by atoms with Crippen LogP contribution in [0, 0.1) is 5.82 Å². The van der Waals surface area contributed by atoms with Crippen LogP contribution in [-0.4, -0.2) is 26.9 Å². The van der Waals surface area contributed by atoms with E-state index in [4.69, 9.17) is 0 Å². The number of carbonyl (C=O) groups is 1. The number of fused-ring (bicyclic) bond motifs is 2. The van der Waals surface area contributed by atoms with Crippen molar-refractivity contribution in [3.63, 3.8) is 0 Å². The van der Waals surface area contributed by atoms with Crippen LogP contribution in [0.5, 0.6) is 11.8 Å². The Hall–Kier alpha value is -2.15. The molecule has 2 heterocycles. The minimum atomic E-state index is -1.00. The molecule has 5 nitrogen and oxygen atoms in total. The topological polar surface area (TPSA) is 74.5 Å². The molecule has 1 atom stereocenters. The number of rotatable bonds is 2. The van der Waals surface area contributed by atoms with Gasteiger partial charge in [0.2, 0.25) is 17.7 Å². The van der Waals surface area contributed by atoms with Gasteiger partial charge in [0.25, 0.3) is 0 Å². The summed E-state index contributed by atoms with van der Waals surface area (Å²) in [5, 5.41) is 24.2. The van der Waals surface area contributed by atoms with Crippen LogP contribution in [0.25, 0.3) is 5.69 Å². The fourth-order valence-electron chi connectivity index (χ4n) is 3.90. The number of hydrogen-bond acceptors (Lipinski definition) is 4. The summed E-state index contributed by atoms with van der Waals surface area (Å²) in [7, 11) is 0. The van der Waals surface area contributed by atoms with Crippen molar-refractivity contribution in [2.24, 2.45) is 0 Å². The fourth-order valence-corrected chi connectivity index (χ4v) is 4.55. The molecular formula is C18H19FN2O3S. The molecule has 1 aromatic carbocycles. The van der Waals surface area contributed by atoms with Gasteiger partial charge in [-0.15, -0.1) is 11.8 Å². The molecule has 132 valence electrons. The lowest BCUT2D eigenvalue weighted by Crippen LogP contribution is -2.28. The molecule has 1 aliphatic heterocycles. The van der Waals surface area contributed by atoms with Gasteiger partial charge in [-0.3, -0.25) is 4.79 Å². The number of thioether (sulfide) groups is 1. The first-order valence-corrected chi connectivity index (χ1v) is 9.47. The van der Waals surface area contributed by atoms with E-state index in [1.165, 1.54) is 28.5 Å². The third-order valence-electron chi connectivity index (χ3n) is 5.35. The van der Waals surface area contributed by atoms with Gasteiger partial charge in [-0.25, -0.2) is 8.96 Å². The van der Waals surface area contributed by atoms with Gasteiger partial charge in [0.1, 0.15) is 10.6 Å². The molecule has 7 heteroatoms. The van der Waals surface area contributed by atoms with Gasteiger partial charge in [0, 0.05) is 22.4 Å². The number of anilines is 1. The number of nitrogens with zero attached hydrogens (tertiary/aromatic N) is 1. The van der Waals surface area contributed by atoms with E-state index in [2.05, 4.69) is 5.32 Å². The first-order chi connectivity index (χ1) is 11.9. The average molecular weight is 362 g/mol. The van der Waals surface area contributed by atoms with Crippen LogP contribution in [0.3, 0.4) is 0 Å². The lowest BCUT2D eigenvalue weighted by Gasteiger charge is -2.23. The normalized spacial score (nSPS) is 21.8. The van der Waals surface area contributed by atoms with Crippen molar-refractivity contribution >= 4 is 23.4 Å². The SMILES string of the molecule is CSC1(C)C(=O)Nc2ccc(F)c(-n3c(O)c4c(c3O)CCCC4)c21. The maximum Gasteiger partial charge on any atom is 0.244 e. The molecule has 2 aliphatic rings. The Balaban J connectivity index is 2.06. The second-order valence-electron chi connectivity index (χ2n) is 6.66. The van der Waals surface area contributed by atoms with Crippen LogP contribution >= 0.6 is 11.8 Å². The summed E-state index contributed by atoms with van der Waals surface area (Å²) in [6.45, 7) is 1.72. The van der Waals surface area contributed by atoms with E-state index in [1.54, 1.807) is 13.2 Å². The molecule has 1 unspecified atom stereocenters. The molecule has 25 heavy (non-hydrogen) atoms. The van der Waals surface area contributed by atoms with E-state index in [0.29, 0.717) is 35.2 Å². The largest absolute Gasteiger partial charge is 0.494 e. The predicted molar refractivity (Wildman–Crippen MR) is 95.2 cm³/mol. The van der Waals surface area contributed by atoms with E-state index in [-0.39, 0.29) is 23.4 Å². The van der Waals surface area contributed by atoms with E-state index >= 15 is 0 Å². The minimum Gasteiger partial charge on any atom is -0.494 e. The van der Waals surface area contributed by atoms with Crippen LogP contribution in [0.2, 0.25) is 0 Å². The quantitative estimate of drug-likeness (QED) is 0.765. The van der Waals surface area contributed by atoms with Gasteiger partial charge in [-0.05, 0) is 51.0 Å². The van der Waals surface area contributed by atoms with Gasteiger partial charge >= 0.3 is 0 Å². The van der Waals surface area contributed by atoms with Gasteiger partial charge in [-0.2, -0.15) is 0 Å². The second-order valence-corrected chi connectivity index (χ2v) is 7.88. The van der Waals surface area contributed by atoms with Crippen molar-refractivity contribution in [3.05, 3.63) is 34.6 Å². The molecule has 0 fully saturated rings. The summed E-state index contributed by atoms with van der Waals surface area (Å²) in [6.07, 6.45) is 4.92. The fraction of sp³-hybridized carbons (Fsp3) is 0.389. The number of amides is 1. The van der Waals surface area contributed by atoms with Gasteiger partial charge in [0.05, 0.1) is 5.69 Å². The Labute approximate surface area is 148 Å². The number of carbonyl (C=O) groups excluding carboxylic acids is 1. The Morgan fingerprint density at radius 3 is 2.36 bits per heavy atom. The highest BCUT2D eigenvalue weighted by atomic mass is 32.2. The molecule has 2 aromatic rings. The van der Waals surface area contributed by atoms with Crippen LogP contribution < -0.4 is 5.32 Å². The minimum absolute atomic E-state index is 0.0390. The third kappa shape index (κ3) is 2.05. The highest BCUT2D eigenvalue weighted by Gasteiger charge is 2.46. The lowest BCUT2D eigenvalue weighted by molar-refractivity contribution is -0.117. The van der Waals surface area contributed by atoms with Gasteiger partial charge in [-0.1, -0.05) is 0 Å². The molecule has 1 aromatic heterocycles. The summed E-state index contributed by atoms with van der Waals surface area (Å²) in [5.41, 5.74) is 2.33. The third-order valence-corrected chi connectivity index (χ3v) is 6.56. The summed E-state index contributed by atoms with van der Waals surface area (Å²) in [4.78, 5) is 12.5. The van der Waals surface area contributed by atoms with E-state index in [0.717, 1.165) is 12.8 Å². The molecule has 1 aliphatic carbocycles. The van der Waals surface area contributed by atoms with E-state index in [1.807, 2.05) is 0 Å². The lowest BCUT2D eigenvalue weighted by atomic mass is 9.95. The summed E-state index contributed by atoms with van der Waals surface area (Å²) in [5.74, 6) is -1.10. The zero-order valence-corrected chi connectivity index (χ0v) is 14.8. The summed E-state index contributed by atoms with van der Waals surface area (Å²) in [6, 6.07) is 2.77. The smallest absolute Gasteiger partial charge is 0.244 e. The van der Waals surface area contributed by atoms with Crippen LogP contribution in [0.15, 0.2) is 12.1 Å². The number of benzene rings is 1.